The Morgan fingerprint density at radius 2 is 2.00 bits per heavy atom. The fourth-order valence-corrected chi connectivity index (χ4v) is 2.46. The zero-order valence-electron chi connectivity index (χ0n) is 10.6. The second-order valence-corrected chi connectivity index (χ2v) is 5.12. The van der Waals surface area contributed by atoms with Gasteiger partial charge in [-0.1, -0.05) is 11.6 Å². The van der Waals surface area contributed by atoms with Gasteiger partial charge in [0.1, 0.15) is 17.3 Å². The minimum absolute atomic E-state index is 0.551. The van der Waals surface area contributed by atoms with Crippen LogP contribution in [0, 0.1) is 6.92 Å². The van der Waals surface area contributed by atoms with Crippen molar-refractivity contribution in [2.45, 2.75) is 25.8 Å². The molecule has 0 unspecified atom stereocenters. The van der Waals surface area contributed by atoms with Crippen LogP contribution in [-0.4, -0.2) is 48.1 Å². The monoisotopic (exact) mass is 254 g/mol. The molecule has 1 aromatic heterocycles. The minimum atomic E-state index is 0.551. The lowest BCUT2D eigenvalue weighted by Gasteiger charge is -2.36. The molecule has 0 aromatic carbocycles. The Bertz CT molecular complexity index is 388. The molecule has 17 heavy (non-hydrogen) atoms. The zero-order valence-corrected chi connectivity index (χ0v) is 11.4. The van der Waals surface area contributed by atoms with E-state index in [1.165, 1.54) is 19.2 Å². The molecule has 0 N–H and O–H groups in total. The van der Waals surface area contributed by atoms with Gasteiger partial charge in [-0.25, -0.2) is 9.97 Å². The van der Waals surface area contributed by atoms with Crippen molar-refractivity contribution in [2.75, 3.05) is 32.1 Å². The quantitative estimate of drug-likeness (QED) is 0.756. The van der Waals surface area contributed by atoms with E-state index in [-0.39, 0.29) is 0 Å². The first kappa shape index (κ1) is 12.6. The number of hydrogen-bond acceptors (Lipinski definition) is 4. The summed E-state index contributed by atoms with van der Waals surface area (Å²) in [6.07, 6.45) is 3.89. The molecule has 0 bridgehead atoms. The second kappa shape index (κ2) is 5.19. The van der Waals surface area contributed by atoms with Crippen molar-refractivity contribution >= 4 is 17.4 Å². The van der Waals surface area contributed by atoms with Gasteiger partial charge in [0.2, 0.25) is 0 Å². The normalized spacial score (nSPS) is 18.4. The number of piperidine rings is 1. The smallest absolute Gasteiger partial charge is 0.137 e. The van der Waals surface area contributed by atoms with Gasteiger partial charge in [-0.2, -0.15) is 0 Å². The summed E-state index contributed by atoms with van der Waals surface area (Å²) < 4.78 is 0. The third-order valence-corrected chi connectivity index (χ3v) is 3.95. The van der Waals surface area contributed by atoms with Crippen molar-refractivity contribution in [3.8, 4) is 0 Å². The van der Waals surface area contributed by atoms with Gasteiger partial charge in [-0.3, -0.25) is 0 Å². The van der Waals surface area contributed by atoms with Crippen LogP contribution in [0.15, 0.2) is 6.33 Å². The van der Waals surface area contributed by atoms with Gasteiger partial charge in [0.05, 0.1) is 0 Å². The first-order valence-corrected chi connectivity index (χ1v) is 6.36. The third-order valence-electron chi connectivity index (χ3n) is 3.57. The number of likely N-dealkylation sites (tertiary alicyclic amines) is 1. The van der Waals surface area contributed by atoms with E-state index in [9.17, 15) is 0 Å². The van der Waals surface area contributed by atoms with Crippen LogP contribution in [0.3, 0.4) is 0 Å². The van der Waals surface area contributed by atoms with Gasteiger partial charge in [-0.05, 0) is 39.9 Å². The fraction of sp³-hybridized carbons (Fsp3) is 0.667. The maximum atomic E-state index is 6.03. The van der Waals surface area contributed by atoms with Crippen molar-refractivity contribution in [3.63, 3.8) is 0 Å². The lowest BCUT2D eigenvalue weighted by Crippen LogP contribution is -2.42. The molecule has 0 amide bonds. The molecule has 2 heterocycles. The van der Waals surface area contributed by atoms with E-state index in [2.05, 4.69) is 33.9 Å². The van der Waals surface area contributed by atoms with Crippen LogP contribution >= 0.6 is 11.6 Å². The summed E-state index contributed by atoms with van der Waals surface area (Å²) in [5.41, 5.74) is 0.968. The summed E-state index contributed by atoms with van der Waals surface area (Å²) in [5.74, 6) is 0.958. The van der Waals surface area contributed by atoms with Gasteiger partial charge < -0.3 is 9.80 Å². The van der Waals surface area contributed by atoms with Crippen molar-refractivity contribution in [2.24, 2.45) is 0 Å². The first-order valence-electron chi connectivity index (χ1n) is 5.98. The standard InChI is InChI=1S/C12H19ClN4/c1-9-11(13)14-8-15-12(9)17(3)10-4-6-16(2)7-5-10/h8,10H,4-7H2,1-3H3. The zero-order chi connectivity index (χ0) is 12.4. The Morgan fingerprint density at radius 3 is 2.65 bits per heavy atom. The summed E-state index contributed by atoms with van der Waals surface area (Å²) in [7, 11) is 4.27. The van der Waals surface area contributed by atoms with E-state index >= 15 is 0 Å². The summed E-state index contributed by atoms with van der Waals surface area (Å²) >= 11 is 6.03. The van der Waals surface area contributed by atoms with E-state index in [1.807, 2.05) is 6.92 Å². The Kier molecular flexibility index (Phi) is 3.84. The van der Waals surface area contributed by atoms with Crippen LogP contribution in [0.1, 0.15) is 18.4 Å². The lowest BCUT2D eigenvalue weighted by molar-refractivity contribution is 0.252. The molecule has 0 spiro atoms. The largest absolute Gasteiger partial charge is 0.356 e. The number of aromatic nitrogens is 2. The minimum Gasteiger partial charge on any atom is -0.356 e. The topological polar surface area (TPSA) is 32.3 Å². The number of rotatable bonds is 2. The van der Waals surface area contributed by atoms with E-state index < -0.39 is 0 Å². The molecule has 4 nitrogen and oxygen atoms in total. The molecule has 0 aliphatic carbocycles. The average Bonchev–Trinajstić information content (AvgIpc) is 2.33. The molecule has 0 radical (unpaired) electrons. The highest BCUT2D eigenvalue weighted by Crippen LogP contribution is 2.25. The number of anilines is 1. The highest BCUT2D eigenvalue weighted by atomic mass is 35.5. The number of hydrogen-bond donors (Lipinski definition) is 0. The van der Waals surface area contributed by atoms with E-state index in [0.29, 0.717) is 11.2 Å². The molecular formula is C12H19ClN4. The van der Waals surface area contributed by atoms with Crippen molar-refractivity contribution < 1.29 is 0 Å². The summed E-state index contributed by atoms with van der Waals surface area (Å²) in [6.45, 7) is 4.27. The Labute approximate surface area is 108 Å². The van der Waals surface area contributed by atoms with E-state index in [4.69, 9.17) is 11.6 Å². The van der Waals surface area contributed by atoms with Gasteiger partial charge in [0, 0.05) is 18.7 Å². The molecule has 1 aromatic rings. The fourth-order valence-electron chi connectivity index (χ4n) is 2.33. The maximum Gasteiger partial charge on any atom is 0.137 e. The maximum absolute atomic E-state index is 6.03. The van der Waals surface area contributed by atoms with Crippen molar-refractivity contribution in [3.05, 3.63) is 17.0 Å². The van der Waals surface area contributed by atoms with Crippen LogP contribution in [0.4, 0.5) is 5.82 Å². The molecule has 0 saturated carbocycles. The second-order valence-electron chi connectivity index (χ2n) is 4.76. The molecular weight excluding hydrogens is 236 g/mol. The highest BCUT2D eigenvalue weighted by Gasteiger charge is 2.23. The number of nitrogens with zero attached hydrogens (tertiary/aromatic N) is 4. The van der Waals surface area contributed by atoms with Crippen molar-refractivity contribution in [1.82, 2.24) is 14.9 Å². The van der Waals surface area contributed by atoms with Crippen LogP contribution in [0.25, 0.3) is 0 Å². The molecule has 1 aliphatic heterocycles. The SMILES string of the molecule is Cc1c(Cl)ncnc1N(C)C1CCN(C)CC1. The molecule has 1 aliphatic rings. The first-order chi connectivity index (χ1) is 8.09. The molecule has 1 saturated heterocycles. The van der Waals surface area contributed by atoms with Crippen LogP contribution in [0.2, 0.25) is 5.15 Å². The predicted molar refractivity (Wildman–Crippen MR) is 70.7 cm³/mol. The molecule has 1 fully saturated rings. The van der Waals surface area contributed by atoms with E-state index in [1.54, 1.807) is 0 Å². The molecule has 0 atom stereocenters. The molecule has 2 rings (SSSR count). The predicted octanol–water partition coefficient (Wildman–Crippen LogP) is 1.97. The number of halogens is 1. The average molecular weight is 255 g/mol. The van der Waals surface area contributed by atoms with Gasteiger partial charge >= 0.3 is 0 Å². The van der Waals surface area contributed by atoms with Gasteiger partial charge in [-0.15, -0.1) is 0 Å². The Morgan fingerprint density at radius 1 is 1.35 bits per heavy atom. The van der Waals surface area contributed by atoms with Gasteiger partial charge in [0.15, 0.2) is 0 Å². The summed E-state index contributed by atoms with van der Waals surface area (Å²) in [5, 5.41) is 0.551. The highest BCUT2D eigenvalue weighted by molar-refractivity contribution is 6.30. The van der Waals surface area contributed by atoms with E-state index in [0.717, 1.165) is 24.5 Å². The van der Waals surface area contributed by atoms with Crippen LogP contribution in [0.5, 0.6) is 0 Å². The van der Waals surface area contributed by atoms with Crippen molar-refractivity contribution in [1.29, 1.82) is 0 Å². The van der Waals surface area contributed by atoms with Gasteiger partial charge in [0.25, 0.3) is 0 Å². The summed E-state index contributed by atoms with van der Waals surface area (Å²) in [6, 6.07) is 0.552. The Hall–Kier alpha value is -0.870. The molecule has 5 heteroatoms. The van der Waals surface area contributed by atoms with Crippen LogP contribution in [-0.2, 0) is 0 Å². The van der Waals surface area contributed by atoms with Crippen LogP contribution < -0.4 is 4.90 Å². The Balaban J connectivity index is 2.14. The third kappa shape index (κ3) is 2.69. The summed E-state index contributed by atoms with van der Waals surface area (Å²) in [4.78, 5) is 13.0. The lowest BCUT2D eigenvalue weighted by atomic mass is 10.0. The molecule has 94 valence electrons.